The van der Waals surface area contributed by atoms with Crippen molar-refractivity contribution in [3.05, 3.63) is 29.8 Å². The second-order valence-electron chi connectivity index (χ2n) is 5.24. The molecule has 4 nitrogen and oxygen atoms in total. The number of nitrogens with zero attached hydrogens (tertiary/aromatic N) is 1. The van der Waals surface area contributed by atoms with E-state index in [2.05, 4.69) is 24.0 Å². The molecule has 1 aliphatic rings. The number of anilines is 1. The van der Waals surface area contributed by atoms with E-state index in [9.17, 15) is 4.79 Å². The zero-order valence-corrected chi connectivity index (χ0v) is 11.5. The summed E-state index contributed by atoms with van der Waals surface area (Å²) in [5, 5.41) is 0. The lowest BCUT2D eigenvalue weighted by Crippen LogP contribution is -2.39. The molecule has 2 rings (SSSR count). The van der Waals surface area contributed by atoms with Crippen molar-refractivity contribution in [1.29, 1.82) is 0 Å². The Hall–Kier alpha value is -1.55. The van der Waals surface area contributed by atoms with E-state index < -0.39 is 0 Å². The van der Waals surface area contributed by atoms with Gasteiger partial charge in [0.05, 0.1) is 0 Å². The third-order valence-corrected chi connectivity index (χ3v) is 4.01. The van der Waals surface area contributed by atoms with E-state index >= 15 is 0 Å². The molecule has 0 radical (unpaired) electrons. The van der Waals surface area contributed by atoms with Crippen molar-refractivity contribution >= 4 is 11.6 Å². The number of carbonyl (C=O) groups is 1. The molecule has 1 saturated heterocycles. The van der Waals surface area contributed by atoms with Crippen molar-refractivity contribution in [3.63, 3.8) is 0 Å². The number of rotatable bonds is 4. The highest BCUT2D eigenvalue weighted by Crippen LogP contribution is 2.30. The highest BCUT2D eigenvalue weighted by Gasteiger charge is 2.24. The number of benzene rings is 1. The van der Waals surface area contributed by atoms with Crippen molar-refractivity contribution in [2.75, 3.05) is 18.0 Å². The molecule has 0 aromatic heterocycles. The fourth-order valence-corrected chi connectivity index (χ4v) is 2.71. The third-order valence-electron chi connectivity index (χ3n) is 4.01. The molecule has 19 heavy (non-hydrogen) atoms. The molecular formula is C15H23N3O. The Morgan fingerprint density at radius 1 is 1.37 bits per heavy atom. The van der Waals surface area contributed by atoms with Gasteiger partial charge in [-0.05, 0) is 30.9 Å². The zero-order chi connectivity index (χ0) is 13.8. The van der Waals surface area contributed by atoms with Crippen LogP contribution >= 0.6 is 0 Å². The van der Waals surface area contributed by atoms with Gasteiger partial charge in [-0.3, -0.25) is 4.79 Å². The van der Waals surface area contributed by atoms with Gasteiger partial charge in [0.2, 0.25) is 5.91 Å². The number of para-hydroxylation sites is 1. The van der Waals surface area contributed by atoms with E-state index in [1.54, 1.807) is 0 Å². The van der Waals surface area contributed by atoms with E-state index in [0.717, 1.165) is 32.4 Å². The number of piperidine rings is 1. The van der Waals surface area contributed by atoms with Crippen molar-refractivity contribution in [2.24, 2.45) is 17.4 Å². The SMILES string of the molecule is CC[C@H](N)c1ccccc1N1CCC(C(N)=O)CC1. The summed E-state index contributed by atoms with van der Waals surface area (Å²) in [6.07, 6.45) is 2.60. The summed E-state index contributed by atoms with van der Waals surface area (Å²) in [5.74, 6) is -0.138. The number of carbonyl (C=O) groups excluding carboxylic acids is 1. The maximum atomic E-state index is 11.2. The van der Waals surface area contributed by atoms with Gasteiger partial charge in [0.25, 0.3) is 0 Å². The first-order valence-electron chi connectivity index (χ1n) is 7.02. The van der Waals surface area contributed by atoms with E-state index in [0.29, 0.717) is 0 Å². The summed E-state index contributed by atoms with van der Waals surface area (Å²) in [7, 11) is 0. The summed E-state index contributed by atoms with van der Waals surface area (Å²) < 4.78 is 0. The first-order chi connectivity index (χ1) is 9.13. The van der Waals surface area contributed by atoms with Crippen molar-refractivity contribution < 1.29 is 4.79 Å². The molecule has 1 atom stereocenters. The molecule has 1 aromatic rings. The Labute approximate surface area is 114 Å². The molecule has 1 aliphatic heterocycles. The summed E-state index contributed by atoms with van der Waals surface area (Å²) in [6, 6.07) is 8.37. The summed E-state index contributed by atoms with van der Waals surface area (Å²) in [6.45, 7) is 3.85. The minimum Gasteiger partial charge on any atom is -0.371 e. The Morgan fingerprint density at radius 3 is 2.58 bits per heavy atom. The second-order valence-corrected chi connectivity index (χ2v) is 5.24. The van der Waals surface area contributed by atoms with Crippen LogP contribution in [0.15, 0.2) is 24.3 Å². The van der Waals surface area contributed by atoms with Crippen molar-refractivity contribution in [2.45, 2.75) is 32.2 Å². The lowest BCUT2D eigenvalue weighted by Gasteiger charge is -2.34. The van der Waals surface area contributed by atoms with Gasteiger partial charge in [0.15, 0.2) is 0 Å². The first-order valence-corrected chi connectivity index (χ1v) is 7.02. The Morgan fingerprint density at radius 2 is 2.00 bits per heavy atom. The molecule has 0 aliphatic carbocycles. The highest BCUT2D eigenvalue weighted by atomic mass is 16.1. The largest absolute Gasteiger partial charge is 0.371 e. The van der Waals surface area contributed by atoms with Gasteiger partial charge in [0, 0.05) is 30.7 Å². The van der Waals surface area contributed by atoms with E-state index in [-0.39, 0.29) is 17.9 Å². The molecule has 0 unspecified atom stereocenters. The monoisotopic (exact) mass is 261 g/mol. The lowest BCUT2D eigenvalue weighted by atomic mass is 9.94. The van der Waals surface area contributed by atoms with Crippen LogP contribution in [0.4, 0.5) is 5.69 Å². The van der Waals surface area contributed by atoms with E-state index in [4.69, 9.17) is 11.5 Å². The van der Waals surface area contributed by atoms with Crippen molar-refractivity contribution in [3.8, 4) is 0 Å². The molecular weight excluding hydrogens is 238 g/mol. The predicted octanol–water partition coefficient (Wildman–Crippen LogP) is 1.80. The highest BCUT2D eigenvalue weighted by molar-refractivity contribution is 5.77. The summed E-state index contributed by atoms with van der Waals surface area (Å²) >= 11 is 0. The molecule has 104 valence electrons. The molecule has 0 saturated carbocycles. The molecule has 1 heterocycles. The smallest absolute Gasteiger partial charge is 0.220 e. The van der Waals surface area contributed by atoms with Gasteiger partial charge in [-0.2, -0.15) is 0 Å². The maximum Gasteiger partial charge on any atom is 0.220 e. The quantitative estimate of drug-likeness (QED) is 0.868. The van der Waals surface area contributed by atoms with Crippen LogP contribution in [0.2, 0.25) is 0 Å². The number of amides is 1. The van der Waals surface area contributed by atoms with Crippen molar-refractivity contribution in [1.82, 2.24) is 0 Å². The van der Waals surface area contributed by atoms with Crippen LogP contribution in [0.5, 0.6) is 0 Å². The molecule has 4 N–H and O–H groups in total. The minimum absolute atomic E-state index is 0.0308. The van der Waals surface area contributed by atoms with Crippen LogP contribution in [0.1, 0.15) is 37.8 Å². The number of primary amides is 1. The van der Waals surface area contributed by atoms with Crippen LogP contribution in [0, 0.1) is 5.92 Å². The molecule has 0 spiro atoms. The van der Waals surface area contributed by atoms with Gasteiger partial charge in [-0.1, -0.05) is 25.1 Å². The Kier molecular flexibility index (Phi) is 4.43. The van der Waals surface area contributed by atoms with Gasteiger partial charge >= 0.3 is 0 Å². The van der Waals surface area contributed by atoms with Crippen LogP contribution < -0.4 is 16.4 Å². The summed E-state index contributed by atoms with van der Waals surface area (Å²) in [5.41, 5.74) is 14.0. The molecule has 1 aromatic carbocycles. The standard InChI is InChI=1S/C15H23N3O/c1-2-13(16)12-5-3-4-6-14(12)18-9-7-11(8-10-18)15(17)19/h3-6,11,13H,2,7-10,16H2,1H3,(H2,17,19)/t13-/m0/s1. The number of hydrogen-bond acceptors (Lipinski definition) is 3. The lowest BCUT2D eigenvalue weighted by molar-refractivity contribution is -0.122. The molecule has 0 bridgehead atoms. The van der Waals surface area contributed by atoms with Gasteiger partial charge in [-0.15, -0.1) is 0 Å². The zero-order valence-electron chi connectivity index (χ0n) is 11.5. The average molecular weight is 261 g/mol. The van der Waals surface area contributed by atoms with E-state index in [1.807, 2.05) is 12.1 Å². The fraction of sp³-hybridized carbons (Fsp3) is 0.533. The Bertz CT molecular complexity index is 439. The van der Waals surface area contributed by atoms with Crippen LogP contribution in [0.3, 0.4) is 0 Å². The first kappa shape index (κ1) is 13.9. The fourth-order valence-electron chi connectivity index (χ4n) is 2.71. The third kappa shape index (κ3) is 3.07. The summed E-state index contributed by atoms with van der Waals surface area (Å²) in [4.78, 5) is 13.5. The second kappa shape index (κ2) is 6.06. The van der Waals surface area contributed by atoms with E-state index in [1.165, 1.54) is 11.3 Å². The van der Waals surface area contributed by atoms with Crippen LogP contribution in [-0.4, -0.2) is 19.0 Å². The molecule has 4 heteroatoms. The minimum atomic E-state index is -0.168. The van der Waals surface area contributed by atoms with Crippen LogP contribution in [-0.2, 0) is 4.79 Å². The predicted molar refractivity (Wildman–Crippen MR) is 77.8 cm³/mol. The maximum absolute atomic E-state index is 11.2. The van der Waals surface area contributed by atoms with Gasteiger partial charge in [-0.25, -0.2) is 0 Å². The Balaban J connectivity index is 2.13. The molecule has 1 fully saturated rings. The number of nitrogens with two attached hydrogens (primary N) is 2. The van der Waals surface area contributed by atoms with Crippen LogP contribution in [0.25, 0.3) is 0 Å². The molecule has 1 amide bonds. The average Bonchev–Trinajstić information content (AvgIpc) is 2.46. The van der Waals surface area contributed by atoms with Gasteiger partial charge in [0.1, 0.15) is 0 Å². The normalized spacial score (nSPS) is 18.3. The topological polar surface area (TPSA) is 72.3 Å². The van der Waals surface area contributed by atoms with Gasteiger partial charge < -0.3 is 16.4 Å². The number of hydrogen-bond donors (Lipinski definition) is 2.